The summed E-state index contributed by atoms with van der Waals surface area (Å²) in [5.74, 6) is -0.101. The summed E-state index contributed by atoms with van der Waals surface area (Å²) in [6.45, 7) is 1.44. The van der Waals surface area contributed by atoms with Gasteiger partial charge in [0.05, 0.1) is 13.7 Å². The van der Waals surface area contributed by atoms with E-state index in [0.717, 1.165) is 0 Å². The summed E-state index contributed by atoms with van der Waals surface area (Å²) in [4.78, 5) is 25.7. The van der Waals surface area contributed by atoms with Crippen molar-refractivity contribution in [1.29, 1.82) is 0 Å². The van der Waals surface area contributed by atoms with Gasteiger partial charge in [-0.3, -0.25) is 9.59 Å². The third-order valence-electron chi connectivity index (χ3n) is 3.58. The van der Waals surface area contributed by atoms with Crippen LogP contribution in [-0.4, -0.2) is 43.5 Å². The standard InChI is InChI=1S/C19H21FN2O4/c1-13(26-16-9-7-14(20)8-10-16)19(24)22(2)12-18(23)21-15-5-4-6-17(11-15)25-3/h4-11,13H,12H2,1-3H3,(H,21,23). The molecular formula is C19H21FN2O4. The summed E-state index contributed by atoms with van der Waals surface area (Å²) in [6, 6.07) is 12.3. The van der Waals surface area contributed by atoms with Crippen molar-refractivity contribution in [2.24, 2.45) is 0 Å². The Kier molecular flexibility index (Phi) is 6.54. The Balaban J connectivity index is 1.88. The van der Waals surface area contributed by atoms with Gasteiger partial charge in [0.1, 0.15) is 17.3 Å². The quantitative estimate of drug-likeness (QED) is 0.824. The second kappa shape index (κ2) is 8.84. The zero-order valence-electron chi connectivity index (χ0n) is 14.9. The van der Waals surface area contributed by atoms with Gasteiger partial charge in [0.25, 0.3) is 5.91 Å². The molecular weight excluding hydrogens is 339 g/mol. The highest BCUT2D eigenvalue weighted by atomic mass is 19.1. The molecule has 1 N–H and O–H groups in total. The molecule has 1 unspecified atom stereocenters. The molecule has 2 rings (SSSR count). The van der Waals surface area contributed by atoms with Gasteiger partial charge in [-0.15, -0.1) is 0 Å². The second-order valence-corrected chi connectivity index (χ2v) is 5.69. The van der Waals surface area contributed by atoms with Crippen LogP contribution in [-0.2, 0) is 9.59 Å². The first-order chi connectivity index (χ1) is 12.4. The Morgan fingerprint density at radius 1 is 1.15 bits per heavy atom. The fraction of sp³-hybridized carbons (Fsp3) is 0.263. The average molecular weight is 360 g/mol. The summed E-state index contributed by atoms with van der Waals surface area (Å²) < 4.78 is 23.5. The minimum absolute atomic E-state index is 0.132. The van der Waals surface area contributed by atoms with Crippen LogP contribution in [0.1, 0.15) is 6.92 Å². The maximum absolute atomic E-state index is 12.9. The summed E-state index contributed by atoms with van der Waals surface area (Å²) in [5.41, 5.74) is 0.575. The number of carbonyl (C=O) groups excluding carboxylic acids is 2. The summed E-state index contributed by atoms with van der Waals surface area (Å²) >= 11 is 0. The smallest absolute Gasteiger partial charge is 0.263 e. The van der Waals surface area contributed by atoms with Crippen LogP contribution in [0.25, 0.3) is 0 Å². The molecule has 7 heteroatoms. The van der Waals surface area contributed by atoms with Crippen molar-refractivity contribution < 1.29 is 23.5 Å². The van der Waals surface area contributed by atoms with E-state index in [2.05, 4.69) is 5.32 Å². The maximum atomic E-state index is 12.9. The molecule has 2 amide bonds. The lowest BCUT2D eigenvalue weighted by atomic mass is 10.3. The van der Waals surface area contributed by atoms with Crippen molar-refractivity contribution >= 4 is 17.5 Å². The number of nitrogens with zero attached hydrogens (tertiary/aromatic N) is 1. The van der Waals surface area contributed by atoms with Crippen LogP contribution in [0.3, 0.4) is 0 Å². The molecule has 0 saturated carbocycles. The third-order valence-corrected chi connectivity index (χ3v) is 3.58. The maximum Gasteiger partial charge on any atom is 0.263 e. The number of benzene rings is 2. The minimum Gasteiger partial charge on any atom is -0.497 e. The van der Waals surface area contributed by atoms with E-state index in [9.17, 15) is 14.0 Å². The van der Waals surface area contributed by atoms with Gasteiger partial charge in [-0.25, -0.2) is 4.39 Å². The van der Waals surface area contributed by atoms with Crippen LogP contribution < -0.4 is 14.8 Å². The van der Waals surface area contributed by atoms with E-state index < -0.39 is 6.10 Å². The molecule has 0 bridgehead atoms. The lowest BCUT2D eigenvalue weighted by Crippen LogP contribution is -2.41. The van der Waals surface area contributed by atoms with Gasteiger partial charge in [-0.05, 0) is 43.3 Å². The van der Waals surface area contributed by atoms with E-state index in [0.29, 0.717) is 17.2 Å². The highest BCUT2D eigenvalue weighted by molar-refractivity contribution is 5.95. The predicted molar refractivity (Wildman–Crippen MR) is 95.8 cm³/mol. The molecule has 26 heavy (non-hydrogen) atoms. The van der Waals surface area contributed by atoms with Crippen molar-refractivity contribution in [2.75, 3.05) is 26.0 Å². The van der Waals surface area contributed by atoms with E-state index in [-0.39, 0.29) is 24.2 Å². The monoisotopic (exact) mass is 360 g/mol. The number of hydrogen-bond donors (Lipinski definition) is 1. The molecule has 0 spiro atoms. The van der Waals surface area contributed by atoms with Gasteiger partial charge in [0, 0.05) is 18.8 Å². The van der Waals surface area contributed by atoms with Crippen LogP contribution in [0, 0.1) is 5.82 Å². The van der Waals surface area contributed by atoms with Crippen LogP contribution in [0.4, 0.5) is 10.1 Å². The molecule has 6 nitrogen and oxygen atoms in total. The van der Waals surface area contributed by atoms with Crippen molar-refractivity contribution in [3.8, 4) is 11.5 Å². The fourth-order valence-electron chi connectivity index (χ4n) is 2.27. The molecule has 138 valence electrons. The molecule has 2 aromatic rings. The fourth-order valence-corrected chi connectivity index (χ4v) is 2.27. The lowest BCUT2D eigenvalue weighted by Gasteiger charge is -2.21. The van der Waals surface area contributed by atoms with Gasteiger partial charge >= 0.3 is 0 Å². The highest BCUT2D eigenvalue weighted by Gasteiger charge is 2.21. The molecule has 0 saturated heterocycles. The number of anilines is 1. The molecule has 0 aliphatic heterocycles. The molecule has 0 aliphatic rings. The Morgan fingerprint density at radius 3 is 2.50 bits per heavy atom. The van der Waals surface area contributed by atoms with Gasteiger partial charge in [0.2, 0.25) is 5.91 Å². The molecule has 1 atom stereocenters. The predicted octanol–water partition coefficient (Wildman–Crippen LogP) is 2.70. The molecule has 0 fully saturated rings. The Hall–Kier alpha value is -3.09. The number of amides is 2. The van der Waals surface area contributed by atoms with Crippen molar-refractivity contribution in [2.45, 2.75) is 13.0 Å². The topological polar surface area (TPSA) is 67.9 Å². The number of halogens is 1. The Labute approximate surface area is 151 Å². The minimum atomic E-state index is -0.810. The van der Waals surface area contributed by atoms with Gasteiger partial charge in [-0.1, -0.05) is 6.07 Å². The van der Waals surface area contributed by atoms with Crippen LogP contribution >= 0.6 is 0 Å². The highest BCUT2D eigenvalue weighted by Crippen LogP contribution is 2.17. The Bertz CT molecular complexity index is 764. The number of carbonyl (C=O) groups is 2. The van der Waals surface area contributed by atoms with E-state index >= 15 is 0 Å². The average Bonchev–Trinajstić information content (AvgIpc) is 2.62. The van der Waals surface area contributed by atoms with Crippen molar-refractivity contribution in [3.05, 3.63) is 54.3 Å². The molecule has 0 radical (unpaired) electrons. The van der Waals surface area contributed by atoms with Crippen LogP contribution in [0.2, 0.25) is 0 Å². The van der Waals surface area contributed by atoms with Crippen LogP contribution in [0.5, 0.6) is 11.5 Å². The van der Waals surface area contributed by atoms with E-state index in [1.807, 2.05) is 0 Å². The number of methoxy groups -OCH3 is 1. The summed E-state index contributed by atoms with van der Waals surface area (Å²) in [7, 11) is 3.05. The van der Waals surface area contributed by atoms with Crippen molar-refractivity contribution in [3.63, 3.8) is 0 Å². The lowest BCUT2D eigenvalue weighted by molar-refractivity contribution is -0.139. The van der Waals surface area contributed by atoms with E-state index in [1.54, 1.807) is 31.2 Å². The SMILES string of the molecule is COc1cccc(NC(=O)CN(C)C(=O)C(C)Oc2ccc(F)cc2)c1. The summed E-state index contributed by atoms with van der Waals surface area (Å²) in [6.07, 6.45) is -0.810. The molecule has 2 aromatic carbocycles. The largest absolute Gasteiger partial charge is 0.497 e. The van der Waals surface area contributed by atoms with Gasteiger partial charge in [-0.2, -0.15) is 0 Å². The summed E-state index contributed by atoms with van der Waals surface area (Å²) in [5, 5.41) is 2.70. The number of ether oxygens (including phenoxy) is 2. The third kappa shape index (κ3) is 5.47. The van der Waals surface area contributed by atoms with Gasteiger partial charge in [0.15, 0.2) is 6.10 Å². The zero-order chi connectivity index (χ0) is 19.1. The van der Waals surface area contributed by atoms with Crippen molar-refractivity contribution in [1.82, 2.24) is 4.90 Å². The van der Waals surface area contributed by atoms with Gasteiger partial charge < -0.3 is 19.7 Å². The van der Waals surface area contributed by atoms with Crippen LogP contribution in [0.15, 0.2) is 48.5 Å². The number of likely N-dealkylation sites (N-methyl/N-ethyl adjacent to an activating group) is 1. The molecule has 0 aliphatic carbocycles. The Morgan fingerprint density at radius 2 is 1.85 bits per heavy atom. The second-order valence-electron chi connectivity index (χ2n) is 5.69. The first-order valence-electron chi connectivity index (χ1n) is 8.00. The molecule has 0 heterocycles. The van der Waals surface area contributed by atoms with E-state index in [4.69, 9.17) is 9.47 Å². The number of nitrogens with one attached hydrogen (secondary N) is 1. The van der Waals surface area contributed by atoms with E-state index in [1.165, 1.54) is 43.3 Å². The first kappa shape index (κ1) is 19.2. The molecule has 0 aromatic heterocycles. The first-order valence-corrected chi connectivity index (χ1v) is 8.00. The normalized spacial score (nSPS) is 11.4. The number of rotatable bonds is 7. The number of hydrogen-bond acceptors (Lipinski definition) is 4. The zero-order valence-corrected chi connectivity index (χ0v) is 14.9.